The lowest BCUT2D eigenvalue weighted by Gasteiger charge is -2.12. The van der Waals surface area contributed by atoms with Crippen molar-refractivity contribution in [3.8, 4) is 50.4 Å². The fourth-order valence-electron chi connectivity index (χ4n) is 6.10. The minimum Gasteiger partial charge on any atom is -0.309 e. The van der Waals surface area contributed by atoms with Gasteiger partial charge in [0.2, 0.25) is 0 Å². The van der Waals surface area contributed by atoms with Crippen LogP contribution in [0.3, 0.4) is 0 Å². The molecule has 46 heavy (non-hydrogen) atoms. The SMILES string of the molecule is c1ccc(-c2nc(-c3ccccc3)nc(-c3cccc(-n4c5ccccc5c5ccc(-c6nc7ccccc7s6)cc54)c3)n2)cc1. The summed E-state index contributed by atoms with van der Waals surface area (Å²) in [7, 11) is 0. The molecule has 0 unspecified atom stereocenters. The first-order valence-electron chi connectivity index (χ1n) is 15.2. The summed E-state index contributed by atoms with van der Waals surface area (Å²) in [4.78, 5) is 19.8. The molecule has 3 heterocycles. The Balaban J connectivity index is 1.23. The van der Waals surface area contributed by atoms with E-state index in [0.29, 0.717) is 17.5 Å². The quantitative estimate of drug-likeness (QED) is 0.195. The molecule has 0 bridgehead atoms. The molecule has 0 spiro atoms. The third-order valence-corrected chi connectivity index (χ3v) is 9.36. The normalized spacial score (nSPS) is 11.5. The second-order valence-electron chi connectivity index (χ2n) is 11.2. The standard InChI is InChI=1S/C40H25N5S/c1-3-12-26(13-4-1)37-42-38(27-14-5-2-6-15-27)44-39(43-37)28-16-11-17-30(24-28)45-34-20-9-7-18-31(34)32-23-22-29(25-35(32)45)40-41-33-19-8-10-21-36(33)46-40/h1-25H. The summed E-state index contributed by atoms with van der Waals surface area (Å²) < 4.78 is 3.52. The van der Waals surface area contributed by atoms with E-state index in [2.05, 4.69) is 89.5 Å². The molecule has 6 aromatic carbocycles. The van der Waals surface area contributed by atoms with Crippen molar-refractivity contribution in [2.24, 2.45) is 0 Å². The van der Waals surface area contributed by atoms with Crippen LogP contribution in [-0.4, -0.2) is 24.5 Å². The molecule has 0 radical (unpaired) electrons. The molecule has 0 amide bonds. The summed E-state index contributed by atoms with van der Waals surface area (Å²) in [6.07, 6.45) is 0. The lowest BCUT2D eigenvalue weighted by Crippen LogP contribution is -2.01. The van der Waals surface area contributed by atoms with Gasteiger partial charge >= 0.3 is 0 Å². The molecule has 0 aliphatic carbocycles. The van der Waals surface area contributed by atoms with Gasteiger partial charge in [0.05, 0.1) is 21.3 Å². The average Bonchev–Trinajstić information content (AvgIpc) is 3.72. The lowest BCUT2D eigenvalue weighted by molar-refractivity contribution is 1.07. The first-order valence-corrected chi connectivity index (χ1v) is 16.0. The summed E-state index contributed by atoms with van der Waals surface area (Å²) in [6, 6.07) is 52.2. The molecule has 0 atom stereocenters. The highest BCUT2D eigenvalue weighted by molar-refractivity contribution is 7.21. The Hall–Kier alpha value is -5.98. The largest absolute Gasteiger partial charge is 0.309 e. The maximum absolute atomic E-state index is 4.98. The number of hydrogen-bond donors (Lipinski definition) is 0. The van der Waals surface area contributed by atoms with Gasteiger partial charge in [-0.1, -0.05) is 115 Å². The molecule has 3 aromatic heterocycles. The molecule has 6 heteroatoms. The minimum absolute atomic E-state index is 0.630. The van der Waals surface area contributed by atoms with Crippen molar-refractivity contribution in [2.45, 2.75) is 0 Å². The topological polar surface area (TPSA) is 56.5 Å². The molecule has 216 valence electrons. The van der Waals surface area contributed by atoms with Crippen LogP contribution in [0.2, 0.25) is 0 Å². The highest BCUT2D eigenvalue weighted by Gasteiger charge is 2.17. The van der Waals surface area contributed by atoms with Crippen LogP contribution < -0.4 is 0 Å². The van der Waals surface area contributed by atoms with Crippen LogP contribution in [0, 0.1) is 0 Å². The molecule has 9 aromatic rings. The number of hydrogen-bond acceptors (Lipinski definition) is 5. The summed E-state index contributed by atoms with van der Waals surface area (Å²) >= 11 is 1.72. The Morgan fingerprint density at radius 1 is 0.413 bits per heavy atom. The Labute approximate surface area is 269 Å². The monoisotopic (exact) mass is 607 g/mol. The number of thiazole rings is 1. The molecular weight excluding hydrogens is 583 g/mol. The number of fused-ring (bicyclic) bond motifs is 4. The predicted molar refractivity (Wildman–Crippen MR) is 189 cm³/mol. The zero-order valence-electron chi connectivity index (χ0n) is 24.6. The van der Waals surface area contributed by atoms with Crippen LogP contribution in [0.25, 0.3) is 82.4 Å². The van der Waals surface area contributed by atoms with Gasteiger partial charge in [-0.05, 0) is 36.4 Å². The van der Waals surface area contributed by atoms with Gasteiger partial charge in [-0.2, -0.15) is 0 Å². The summed E-state index contributed by atoms with van der Waals surface area (Å²) in [5.74, 6) is 1.92. The number of benzene rings is 6. The Bertz CT molecular complexity index is 2440. The lowest BCUT2D eigenvalue weighted by atomic mass is 10.1. The van der Waals surface area contributed by atoms with Crippen LogP contribution in [0.5, 0.6) is 0 Å². The van der Waals surface area contributed by atoms with Gasteiger partial charge in [-0.15, -0.1) is 11.3 Å². The van der Waals surface area contributed by atoms with Crippen LogP contribution in [0.15, 0.2) is 152 Å². The molecule has 5 nitrogen and oxygen atoms in total. The van der Waals surface area contributed by atoms with E-state index in [1.54, 1.807) is 11.3 Å². The zero-order chi connectivity index (χ0) is 30.5. The first kappa shape index (κ1) is 26.4. The Kier molecular flexibility index (Phi) is 6.25. The Morgan fingerprint density at radius 2 is 1.02 bits per heavy atom. The molecule has 9 rings (SSSR count). The van der Waals surface area contributed by atoms with E-state index in [4.69, 9.17) is 19.9 Å². The van der Waals surface area contributed by atoms with Gasteiger partial charge in [0.1, 0.15) is 5.01 Å². The third-order valence-electron chi connectivity index (χ3n) is 8.28. The first-order chi connectivity index (χ1) is 22.8. The fourth-order valence-corrected chi connectivity index (χ4v) is 7.06. The molecule has 0 aliphatic rings. The van der Waals surface area contributed by atoms with Gasteiger partial charge in [-0.25, -0.2) is 19.9 Å². The van der Waals surface area contributed by atoms with Gasteiger partial charge in [0.25, 0.3) is 0 Å². The van der Waals surface area contributed by atoms with Crippen molar-refractivity contribution >= 4 is 43.4 Å². The smallest absolute Gasteiger partial charge is 0.164 e. The van der Waals surface area contributed by atoms with Gasteiger partial charge in [0.15, 0.2) is 17.5 Å². The number of para-hydroxylation sites is 2. The minimum atomic E-state index is 0.630. The van der Waals surface area contributed by atoms with Crippen LogP contribution >= 0.6 is 11.3 Å². The van der Waals surface area contributed by atoms with Crippen LogP contribution in [-0.2, 0) is 0 Å². The highest BCUT2D eigenvalue weighted by atomic mass is 32.1. The van der Waals surface area contributed by atoms with E-state index in [0.717, 1.165) is 49.5 Å². The van der Waals surface area contributed by atoms with Crippen molar-refractivity contribution in [1.82, 2.24) is 24.5 Å². The number of nitrogens with zero attached hydrogens (tertiary/aromatic N) is 5. The van der Waals surface area contributed by atoms with Gasteiger partial charge in [0, 0.05) is 38.7 Å². The molecule has 0 saturated carbocycles. The van der Waals surface area contributed by atoms with Crippen LogP contribution in [0.4, 0.5) is 0 Å². The van der Waals surface area contributed by atoms with E-state index in [9.17, 15) is 0 Å². The van der Waals surface area contributed by atoms with E-state index in [-0.39, 0.29) is 0 Å². The second-order valence-corrected chi connectivity index (χ2v) is 12.2. The van der Waals surface area contributed by atoms with E-state index in [1.807, 2.05) is 66.7 Å². The predicted octanol–water partition coefficient (Wildman–Crippen LogP) is 10.2. The number of aromatic nitrogens is 5. The van der Waals surface area contributed by atoms with Crippen molar-refractivity contribution in [1.29, 1.82) is 0 Å². The second kappa shape index (κ2) is 10.9. The van der Waals surface area contributed by atoms with E-state index < -0.39 is 0 Å². The Morgan fingerprint density at radius 3 is 1.76 bits per heavy atom. The zero-order valence-corrected chi connectivity index (χ0v) is 25.4. The van der Waals surface area contributed by atoms with Gasteiger partial charge in [-0.3, -0.25) is 0 Å². The molecule has 0 N–H and O–H groups in total. The third kappa shape index (κ3) is 4.55. The molecule has 0 aliphatic heterocycles. The van der Waals surface area contributed by atoms with Crippen LogP contribution in [0.1, 0.15) is 0 Å². The molecule has 0 saturated heterocycles. The van der Waals surface area contributed by atoms with Crippen molar-refractivity contribution in [2.75, 3.05) is 0 Å². The maximum atomic E-state index is 4.98. The van der Waals surface area contributed by atoms with Crippen molar-refractivity contribution in [3.05, 3.63) is 152 Å². The van der Waals surface area contributed by atoms with E-state index >= 15 is 0 Å². The summed E-state index contributed by atoms with van der Waals surface area (Å²) in [5.41, 5.74) is 8.25. The molecular formula is C40H25N5S. The number of rotatable bonds is 5. The van der Waals surface area contributed by atoms with E-state index in [1.165, 1.54) is 15.5 Å². The summed E-state index contributed by atoms with van der Waals surface area (Å²) in [6.45, 7) is 0. The van der Waals surface area contributed by atoms with Gasteiger partial charge < -0.3 is 4.57 Å². The fraction of sp³-hybridized carbons (Fsp3) is 0. The molecule has 0 fully saturated rings. The van der Waals surface area contributed by atoms with Crippen molar-refractivity contribution < 1.29 is 0 Å². The highest BCUT2D eigenvalue weighted by Crippen LogP contribution is 2.37. The van der Waals surface area contributed by atoms with Crippen molar-refractivity contribution in [3.63, 3.8) is 0 Å². The average molecular weight is 608 g/mol. The summed E-state index contributed by atoms with van der Waals surface area (Å²) in [5, 5.41) is 3.42. The maximum Gasteiger partial charge on any atom is 0.164 e.